The Morgan fingerprint density at radius 1 is 0.200 bits per heavy atom. The molecule has 0 spiro atoms. The molecule has 0 heteroatoms. The van der Waals surface area contributed by atoms with Crippen LogP contribution in [0.4, 0.5) is 0 Å². The van der Waals surface area contributed by atoms with Gasteiger partial charge in [0.25, 0.3) is 0 Å². The average Bonchev–Trinajstić information content (AvgIpc) is 3.19. The smallest absolute Gasteiger partial charge is 0.00137 e. The molecule has 50 heavy (non-hydrogen) atoms. The van der Waals surface area contributed by atoms with Gasteiger partial charge in [0.2, 0.25) is 0 Å². The molecule has 0 nitrogen and oxygen atoms in total. The molecule has 0 N–H and O–H groups in total. The van der Waals surface area contributed by atoms with Gasteiger partial charge in [-0.1, -0.05) is 170 Å². The predicted molar refractivity (Wildman–Crippen MR) is 217 cm³/mol. The zero-order valence-corrected chi connectivity index (χ0v) is 27.3. The lowest BCUT2D eigenvalue weighted by molar-refractivity contribution is 1.71. The topological polar surface area (TPSA) is 0 Å². The lowest BCUT2D eigenvalue weighted by Gasteiger charge is -2.22. The molecule has 0 bridgehead atoms. The minimum atomic E-state index is 1.26. The largest absolute Gasteiger partial charge is 0.0616 e. The van der Waals surface area contributed by atoms with Crippen molar-refractivity contribution >= 4 is 86.2 Å². The Hall–Kier alpha value is -6.50. The van der Waals surface area contributed by atoms with Crippen molar-refractivity contribution in [2.45, 2.75) is 0 Å². The molecule has 0 radical (unpaired) electrons. The van der Waals surface area contributed by atoms with Crippen LogP contribution in [0.15, 0.2) is 182 Å². The van der Waals surface area contributed by atoms with Crippen molar-refractivity contribution in [3.05, 3.63) is 182 Å². The van der Waals surface area contributed by atoms with Crippen LogP contribution in [0.1, 0.15) is 0 Å². The summed E-state index contributed by atoms with van der Waals surface area (Å²) in [5.74, 6) is 0. The van der Waals surface area contributed by atoms with E-state index in [-0.39, 0.29) is 0 Å². The van der Waals surface area contributed by atoms with Crippen LogP contribution in [-0.4, -0.2) is 0 Å². The maximum Gasteiger partial charge on any atom is -0.00137 e. The lowest BCUT2D eigenvalue weighted by Crippen LogP contribution is -1.94. The number of hydrogen-bond acceptors (Lipinski definition) is 0. The van der Waals surface area contributed by atoms with E-state index in [1.807, 2.05) is 0 Å². The fourth-order valence-electron chi connectivity index (χ4n) is 8.86. The maximum atomic E-state index is 2.43. The fraction of sp³-hybridized carbons (Fsp3) is 0. The van der Waals surface area contributed by atoms with Crippen molar-refractivity contribution < 1.29 is 0 Å². The highest BCUT2D eigenvalue weighted by Crippen LogP contribution is 2.50. The predicted octanol–water partition coefficient (Wildman–Crippen LogP) is 14.2. The summed E-state index contributed by atoms with van der Waals surface area (Å²) >= 11 is 0. The van der Waals surface area contributed by atoms with Crippen LogP contribution in [0.25, 0.3) is 108 Å². The van der Waals surface area contributed by atoms with Crippen LogP contribution in [-0.2, 0) is 0 Å². The third kappa shape index (κ3) is 3.82. The summed E-state index contributed by atoms with van der Waals surface area (Å²) in [4.78, 5) is 0. The molecule has 0 saturated carbocycles. The van der Waals surface area contributed by atoms with Crippen molar-refractivity contribution in [2.75, 3.05) is 0 Å². The number of hydrogen-bond donors (Lipinski definition) is 0. The monoisotopic (exact) mass is 630 g/mol. The highest BCUT2D eigenvalue weighted by Gasteiger charge is 2.22. The summed E-state index contributed by atoms with van der Waals surface area (Å²) in [7, 11) is 0. The summed E-state index contributed by atoms with van der Waals surface area (Å²) in [5, 5.41) is 20.5. The molecule has 230 valence electrons. The lowest BCUT2D eigenvalue weighted by atomic mass is 9.80. The van der Waals surface area contributed by atoms with Crippen LogP contribution < -0.4 is 0 Å². The molecule has 0 aliphatic heterocycles. The molecule has 11 rings (SSSR count). The maximum absolute atomic E-state index is 2.43. The molecule has 11 aromatic carbocycles. The first-order valence-corrected chi connectivity index (χ1v) is 17.4. The van der Waals surface area contributed by atoms with Crippen molar-refractivity contribution in [1.82, 2.24) is 0 Å². The first kappa shape index (κ1) is 27.5. The summed E-state index contributed by atoms with van der Waals surface area (Å²) in [6.07, 6.45) is 0. The molecule has 0 aliphatic rings. The normalized spacial score (nSPS) is 12.0. The molecule has 0 saturated heterocycles. The molecule has 0 aromatic heterocycles. The van der Waals surface area contributed by atoms with Gasteiger partial charge in [-0.2, -0.15) is 0 Å². The van der Waals surface area contributed by atoms with Gasteiger partial charge in [0, 0.05) is 0 Å². The van der Waals surface area contributed by atoms with Gasteiger partial charge in [-0.25, -0.2) is 0 Å². The molecule has 0 fully saturated rings. The average molecular weight is 631 g/mol. The van der Waals surface area contributed by atoms with Crippen molar-refractivity contribution in [3.63, 3.8) is 0 Å². The molecule has 0 heterocycles. The zero-order valence-electron chi connectivity index (χ0n) is 27.3. The van der Waals surface area contributed by atoms with E-state index in [1.165, 1.54) is 108 Å². The molecule has 0 unspecified atom stereocenters. The van der Waals surface area contributed by atoms with Crippen LogP contribution in [0.3, 0.4) is 0 Å². The second kappa shape index (κ2) is 10.5. The first-order chi connectivity index (χ1) is 24.8. The molecular formula is C50H30. The number of benzene rings is 11. The first-order valence-electron chi connectivity index (χ1n) is 17.4. The van der Waals surface area contributed by atoms with E-state index < -0.39 is 0 Å². The fourth-order valence-corrected chi connectivity index (χ4v) is 8.86. The van der Waals surface area contributed by atoms with Crippen LogP contribution in [0.5, 0.6) is 0 Å². The number of rotatable bonds is 2. The van der Waals surface area contributed by atoms with Crippen molar-refractivity contribution in [1.29, 1.82) is 0 Å². The Morgan fingerprint density at radius 3 is 1.14 bits per heavy atom. The third-order valence-corrected chi connectivity index (χ3v) is 11.0. The molecule has 0 amide bonds. The van der Waals surface area contributed by atoms with Crippen LogP contribution >= 0.6 is 0 Å². The Bertz CT molecular complexity index is 3200. The second-order valence-corrected chi connectivity index (χ2v) is 13.5. The molecule has 0 atom stereocenters. The van der Waals surface area contributed by atoms with Gasteiger partial charge < -0.3 is 0 Å². The van der Waals surface area contributed by atoms with Gasteiger partial charge in [-0.15, -0.1) is 0 Å². The minimum Gasteiger partial charge on any atom is -0.0616 e. The van der Waals surface area contributed by atoms with Gasteiger partial charge in [0.05, 0.1) is 0 Å². The van der Waals surface area contributed by atoms with Gasteiger partial charge in [0.1, 0.15) is 0 Å². The SMILES string of the molecule is c1ccc2c(c1)cc(-c1c3ccccc3c(-c3cc4ccccc4c4ccccc34)c3c1ccc1c4ccccc4ccc13)c1ccccc12. The van der Waals surface area contributed by atoms with Crippen molar-refractivity contribution in [2.24, 2.45) is 0 Å². The van der Waals surface area contributed by atoms with E-state index in [4.69, 9.17) is 0 Å². The van der Waals surface area contributed by atoms with Gasteiger partial charge in [0.15, 0.2) is 0 Å². The van der Waals surface area contributed by atoms with E-state index in [0.29, 0.717) is 0 Å². The van der Waals surface area contributed by atoms with Gasteiger partial charge in [-0.3, -0.25) is 0 Å². The van der Waals surface area contributed by atoms with E-state index in [2.05, 4.69) is 182 Å². The zero-order chi connectivity index (χ0) is 32.8. The standard InChI is InChI=1S/C50H30/c1-4-16-34-31(13-1)25-26-44-41(34)27-28-45-48(46-29-32-14-2-5-17-35(32)37-19-7-9-21-39(37)46)42-23-11-12-24-43(42)50(49(44)45)47-30-33-15-3-6-18-36(33)38-20-8-10-22-40(38)47/h1-30H. The van der Waals surface area contributed by atoms with Gasteiger partial charge >= 0.3 is 0 Å². The van der Waals surface area contributed by atoms with E-state index in [1.54, 1.807) is 0 Å². The van der Waals surface area contributed by atoms with E-state index >= 15 is 0 Å². The summed E-state index contributed by atoms with van der Waals surface area (Å²) < 4.78 is 0. The van der Waals surface area contributed by atoms with Gasteiger partial charge in [-0.05, 0) is 121 Å². The summed E-state index contributed by atoms with van der Waals surface area (Å²) in [5.41, 5.74) is 5.14. The van der Waals surface area contributed by atoms with Crippen LogP contribution in [0.2, 0.25) is 0 Å². The summed E-state index contributed by atoms with van der Waals surface area (Å²) in [6.45, 7) is 0. The molecule has 0 aliphatic carbocycles. The Morgan fingerprint density at radius 2 is 0.560 bits per heavy atom. The minimum absolute atomic E-state index is 1.26. The number of fused-ring (bicyclic) bond motifs is 12. The van der Waals surface area contributed by atoms with E-state index in [9.17, 15) is 0 Å². The molecular weight excluding hydrogens is 601 g/mol. The quantitative estimate of drug-likeness (QED) is 0.132. The Kier molecular flexibility index (Phi) is 5.76. The summed E-state index contributed by atoms with van der Waals surface area (Å²) in [6, 6.07) is 67.7. The van der Waals surface area contributed by atoms with Crippen LogP contribution in [0, 0.1) is 0 Å². The van der Waals surface area contributed by atoms with E-state index in [0.717, 1.165) is 0 Å². The molecule has 11 aromatic rings. The highest BCUT2D eigenvalue weighted by molar-refractivity contribution is 6.33. The van der Waals surface area contributed by atoms with Crippen molar-refractivity contribution in [3.8, 4) is 22.3 Å². The Balaban J connectivity index is 1.42. The third-order valence-electron chi connectivity index (χ3n) is 11.0. The second-order valence-electron chi connectivity index (χ2n) is 13.5. The Labute approximate surface area is 289 Å². The highest BCUT2D eigenvalue weighted by atomic mass is 14.2.